The third kappa shape index (κ3) is 4.01. The van der Waals surface area contributed by atoms with Crippen molar-refractivity contribution < 1.29 is 9.72 Å². The molecule has 0 aliphatic carbocycles. The number of amides is 1. The number of nitrogens with zero attached hydrogens (tertiary/aromatic N) is 3. The van der Waals surface area contributed by atoms with Gasteiger partial charge in [-0.3, -0.25) is 14.9 Å². The zero-order chi connectivity index (χ0) is 19.4. The lowest BCUT2D eigenvalue weighted by Crippen LogP contribution is -2.15. The summed E-state index contributed by atoms with van der Waals surface area (Å²) in [5.41, 5.74) is 2.69. The average molecular weight is 382 g/mol. The van der Waals surface area contributed by atoms with Gasteiger partial charge < -0.3 is 9.88 Å². The van der Waals surface area contributed by atoms with Gasteiger partial charge in [-0.15, -0.1) is 6.58 Å². The van der Waals surface area contributed by atoms with Gasteiger partial charge in [0.15, 0.2) is 5.16 Å². The topological polar surface area (TPSA) is 90.1 Å². The molecule has 3 rings (SSSR count). The first-order valence-electron chi connectivity index (χ1n) is 8.24. The number of nitrogens with one attached hydrogen (secondary N) is 1. The van der Waals surface area contributed by atoms with Gasteiger partial charge in [-0.1, -0.05) is 36.0 Å². The summed E-state index contributed by atoms with van der Waals surface area (Å²) in [6, 6.07) is 12.4. The van der Waals surface area contributed by atoms with E-state index in [1.165, 1.54) is 17.8 Å². The zero-order valence-corrected chi connectivity index (χ0v) is 15.5. The number of nitro groups is 1. The van der Waals surface area contributed by atoms with Crippen LogP contribution in [-0.4, -0.2) is 26.1 Å². The molecule has 2 aromatic carbocycles. The molecule has 1 aromatic heterocycles. The van der Waals surface area contributed by atoms with Crippen molar-refractivity contribution in [1.82, 2.24) is 9.55 Å². The highest BCUT2D eigenvalue weighted by atomic mass is 32.2. The van der Waals surface area contributed by atoms with Crippen molar-refractivity contribution in [3.8, 4) is 0 Å². The van der Waals surface area contributed by atoms with Gasteiger partial charge in [0.05, 0.1) is 33.0 Å². The molecular formula is C19H18N4O3S. The number of thioether (sulfide) groups is 1. The summed E-state index contributed by atoms with van der Waals surface area (Å²) in [6.45, 7) is 5.98. The van der Waals surface area contributed by atoms with Gasteiger partial charge in [0, 0.05) is 12.6 Å². The van der Waals surface area contributed by atoms with Crippen LogP contribution in [0.4, 0.5) is 11.4 Å². The first-order chi connectivity index (χ1) is 13.0. The number of para-hydroxylation sites is 2. The molecule has 1 N–H and O–H groups in total. The Hall–Kier alpha value is -3.13. The van der Waals surface area contributed by atoms with E-state index in [4.69, 9.17) is 0 Å². The standard InChI is InChI=1S/C19H18N4O3S/c1-3-11-22-17-9-5-4-7-15(17)21-19(22)27-12-18(24)20-14-8-6-10-16(13(14)2)23(25)26/h3-10H,1,11-12H2,2H3,(H,20,24). The fourth-order valence-corrected chi connectivity index (χ4v) is 3.57. The monoisotopic (exact) mass is 382 g/mol. The Balaban J connectivity index is 1.74. The molecule has 0 unspecified atom stereocenters. The summed E-state index contributed by atoms with van der Waals surface area (Å²) < 4.78 is 2.00. The Morgan fingerprint density at radius 1 is 1.33 bits per heavy atom. The maximum absolute atomic E-state index is 12.3. The summed E-state index contributed by atoms with van der Waals surface area (Å²) in [6.07, 6.45) is 1.78. The number of carbonyl (C=O) groups is 1. The van der Waals surface area contributed by atoms with Gasteiger partial charge >= 0.3 is 0 Å². The summed E-state index contributed by atoms with van der Waals surface area (Å²) in [5, 5.41) is 14.5. The van der Waals surface area contributed by atoms with E-state index >= 15 is 0 Å². The Labute approximate surface area is 160 Å². The van der Waals surface area contributed by atoms with Gasteiger partial charge in [0.1, 0.15) is 0 Å². The van der Waals surface area contributed by atoms with Gasteiger partial charge in [0.25, 0.3) is 5.69 Å². The lowest BCUT2D eigenvalue weighted by atomic mass is 10.1. The highest BCUT2D eigenvalue weighted by molar-refractivity contribution is 7.99. The van der Waals surface area contributed by atoms with Gasteiger partial charge in [0.2, 0.25) is 5.91 Å². The number of rotatable bonds is 7. The number of anilines is 1. The molecule has 7 nitrogen and oxygen atoms in total. The van der Waals surface area contributed by atoms with Crippen LogP contribution in [0.15, 0.2) is 60.3 Å². The second kappa shape index (κ2) is 8.05. The number of nitro benzene ring substituents is 1. The zero-order valence-electron chi connectivity index (χ0n) is 14.7. The summed E-state index contributed by atoms with van der Waals surface area (Å²) in [7, 11) is 0. The van der Waals surface area contributed by atoms with Crippen LogP contribution in [0.1, 0.15) is 5.56 Å². The molecule has 8 heteroatoms. The molecule has 0 aliphatic heterocycles. The fourth-order valence-electron chi connectivity index (χ4n) is 2.74. The third-order valence-corrected chi connectivity index (χ3v) is 5.02. The Morgan fingerprint density at radius 3 is 2.85 bits per heavy atom. The summed E-state index contributed by atoms with van der Waals surface area (Å²) in [5.74, 6) is -0.108. The van der Waals surface area contributed by atoms with E-state index in [0.717, 1.165) is 16.2 Å². The number of fused-ring (bicyclic) bond motifs is 1. The predicted molar refractivity (Wildman–Crippen MR) is 107 cm³/mol. The summed E-state index contributed by atoms with van der Waals surface area (Å²) >= 11 is 1.31. The van der Waals surface area contributed by atoms with E-state index in [9.17, 15) is 14.9 Å². The largest absolute Gasteiger partial charge is 0.325 e. The highest BCUT2D eigenvalue weighted by Crippen LogP contribution is 2.27. The van der Waals surface area contributed by atoms with Crippen molar-refractivity contribution in [2.24, 2.45) is 0 Å². The minimum Gasteiger partial charge on any atom is -0.325 e. The van der Waals surface area contributed by atoms with Crippen LogP contribution in [-0.2, 0) is 11.3 Å². The van der Waals surface area contributed by atoms with E-state index in [1.54, 1.807) is 25.1 Å². The van der Waals surface area contributed by atoms with Gasteiger partial charge in [-0.2, -0.15) is 0 Å². The van der Waals surface area contributed by atoms with Crippen LogP contribution in [0.3, 0.4) is 0 Å². The van der Waals surface area contributed by atoms with Crippen LogP contribution in [0, 0.1) is 17.0 Å². The molecular weight excluding hydrogens is 364 g/mol. The molecule has 1 heterocycles. The average Bonchev–Trinajstić information content (AvgIpc) is 3.00. The Bertz CT molecular complexity index is 1030. The molecule has 0 saturated carbocycles. The first kappa shape index (κ1) is 18.7. The molecule has 138 valence electrons. The van der Waals surface area contributed by atoms with E-state index in [0.29, 0.717) is 17.8 Å². The minimum atomic E-state index is -0.461. The minimum absolute atomic E-state index is 0.0202. The number of carbonyl (C=O) groups excluding carboxylic acids is 1. The number of benzene rings is 2. The van der Waals surface area contributed by atoms with Crippen LogP contribution in [0.5, 0.6) is 0 Å². The lowest BCUT2D eigenvalue weighted by molar-refractivity contribution is -0.385. The number of hydrogen-bond acceptors (Lipinski definition) is 5. The SMILES string of the molecule is C=CCn1c(SCC(=O)Nc2cccc([N+](=O)[O-])c2C)nc2ccccc21. The van der Waals surface area contributed by atoms with Crippen molar-refractivity contribution in [2.75, 3.05) is 11.1 Å². The van der Waals surface area contributed by atoms with E-state index in [2.05, 4.69) is 16.9 Å². The second-order valence-corrected chi connectivity index (χ2v) is 6.77. The van der Waals surface area contributed by atoms with Crippen LogP contribution in [0.25, 0.3) is 11.0 Å². The van der Waals surface area contributed by atoms with Crippen molar-refractivity contribution in [1.29, 1.82) is 0 Å². The Morgan fingerprint density at radius 2 is 2.11 bits per heavy atom. The molecule has 0 saturated heterocycles. The van der Waals surface area contributed by atoms with Crippen molar-refractivity contribution in [3.63, 3.8) is 0 Å². The molecule has 0 bridgehead atoms. The van der Waals surface area contributed by atoms with Crippen LogP contribution in [0.2, 0.25) is 0 Å². The molecule has 0 spiro atoms. The first-order valence-corrected chi connectivity index (χ1v) is 9.22. The van der Waals surface area contributed by atoms with Crippen molar-refractivity contribution in [3.05, 3.63) is 70.8 Å². The fraction of sp³-hybridized carbons (Fsp3) is 0.158. The van der Waals surface area contributed by atoms with E-state index < -0.39 is 4.92 Å². The van der Waals surface area contributed by atoms with Gasteiger partial charge in [-0.05, 0) is 25.1 Å². The Kier molecular flexibility index (Phi) is 5.56. The van der Waals surface area contributed by atoms with Crippen LogP contribution < -0.4 is 5.32 Å². The second-order valence-electron chi connectivity index (χ2n) is 5.83. The lowest BCUT2D eigenvalue weighted by Gasteiger charge is -2.09. The summed E-state index contributed by atoms with van der Waals surface area (Å²) in [4.78, 5) is 27.5. The van der Waals surface area contributed by atoms with Crippen LogP contribution >= 0.6 is 11.8 Å². The molecule has 0 radical (unpaired) electrons. The number of imidazole rings is 1. The molecule has 27 heavy (non-hydrogen) atoms. The molecule has 3 aromatic rings. The smallest absolute Gasteiger partial charge is 0.274 e. The normalized spacial score (nSPS) is 10.7. The third-order valence-electron chi connectivity index (χ3n) is 4.04. The quantitative estimate of drug-likeness (QED) is 0.287. The maximum Gasteiger partial charge on any atom is 0.274 e. The highest BCUT2D eigenvalue weighted by Gasteiger charge is 2.16. The molecule has 0 atom stereocenters. The predicted octanol–water partition coefficient (Wildman–Crippen LogP) is 4.17. The number of allylic oxidation sites excluding steroid dienone is 1. The molecule has 0 aliphatic rings. The van der Waals surface area contributed by atoms with E-state index in [1.807, 2.05) is 28.8 Å². The number of aromatic nitrogens is 2. The van der Waals surface area contributed by atoms with Crippen molar-refractivity contribution >= 4 is 40.1 Å². The number of hydrogen-bond donors (Lipinski definition) is 1. The van der Waals surface area contributed by atoms with Crippen molar-refractivity contribution in [2.45, 2.75) is 18.6 Å². The van der Waals surface area contributed by atoms with E-state index in [-0.39, 0.29) is 17.3 Å². The van der Waals surface area contributed by atoms with Gasteiger partial charge in [-0.25, -0.2) is 4.98 Å². The molecule has 0 fully saturated rings. The maximum atomic E-state index is 12.3. The molecule has 1 amide bonds.